The van der Waals surface area contributed by atoms with Crippen LogP contribution in [0.5, 0.6) is 0 Å². The number of piperidine rings is 1. The predicted molar refractivity (Wildman–Crippen MR) is 70.1 cm³/mol. The number of benzene rings is 1. The van der Waals surface area contributed by atoms with Crippen LogP contribution >= 0.6 is 0 Å². The predicted octanol–water partition coefficient (Wildman–Crippen LogP) is 1.51. The van der Waals surface area contributed by atoms with Gasteiger partial charge in [0.15, 0.2) is 0 Å². The molecule has 19 heavy (non-hydrogen) atoms. The maximum Gasteiger partial charge on any atom is 0.269 e. The number of non-ortho nitro benzene ring substituents is 1. The molecular weight excluding hydrogens is 246 g/mol. The topological polar surface area (TPSA) is 75.5 Å². The Morgan fingerprint density at radius 3 is 2.68 bits per heavy atom. The Labute approximate surface area is 110 Å². The second-order valence-electron chi connectivity index (χ2n) is 5.33. The molecule has 0 unspecified atom stereocenters. The van der Waals surface area contributed by atoms with E-state index in [4.69, 9.17) is 0 Å². The molecule has 2 aliphatic rings. The van der Waals surface area contributed by atoms with Crippen molar-refractivity contribution in [2.45, 2.75) is 18.3 Å². The number of carbonyl (C=O) groups excluding carboxylic acids is 1. The van der Waals surface area contributed by atoms with Crippen molar-refractivity contribution in [3.05, 3.63) is 33.9 Å². The molecule has 1 N–H and O–H groups in total. The lowest BCUT2D eigenvalue weighted by Gasteiger charge is -2.36. The molecule has 1 aromatic carbocycles. The molecular formula is C13H15N3O3. The fraction of sp³-hybridized carbons (Fsp3) is 0.462. The van der Waals surface area contributed by atoms with Crippen LogP contribution in [0.4, 0.5) is 11.4 Å². The Morgan fingerprint density at radius 1 is 1.37 bits per heavy atom. The van der Waals surface area contributed by atoms with Crippen LogP contribution < -0.4 is 5.32 Å². The van der Waals surface area contributed by atoms with Crippen molar-refractivity contribution >= 4 is 17.3 Å². The zero-order valence-electron chi connectivity index (χ0n) is 10.7. The molecule has 1 fully saturated rings. The van der Waals surface area contributed by atoms with E-state index in [0.29, 0.717) is 12.8 Å². The van der Waals surface area contributed by atoms with Gasteiger partial charge in [0.05, 0.1) is 10.3 Å². The molecule has 1 saturated heterocycles. The van der Waals surface area contributed by atoms with Crippen molar-refractivity contribution in [1.82, 2.24) is 4.90 Å². The van der Waals surface area contributed by atoms with Gasteiger partial charge in [-0.15, -0.1) is 0 Å². The van der Waals surface area contributed by atoms with Crippen LogP contribution in [-0.4, -0.2) is 35.9 Å². The van der Waals surface area contributed by atoms with Crippen LogP contribution in [-0.2, 0) is 10.2 Å². The number of nitro benzene ring substituents is 1. The van der Waals surface area contributed by atoms with Gasteiger partial charge in [-0.05, 0) is 44.6 Å². The molecule has 0 radical (unpaired) electrons. The van der Waals surface area contributed by atoms with Gasteiger partial charge >= 0.3 is 0 Å². The number of anilines is 1. The van der Waals surface area contributed by atoms with Crippen LogP contribution in [0.3, 0.4) is 0 Å². The number of hydrogen-bond donors (Lipinski definition) is 1. The lowest BCUT2D eigenvalue weighted by atomic mass is 9.73. The van der Waals surface area contributed by atoms with Gasteiger partial charge in [0, 0.05) is 17.8 Å². The molecule has 1 aromatic rings. The molecule has 0 atom stereocenters. The number of fused-ring (bicyclic) bond motifs is 2. The molecule has 100 valence electrons. The highest BCUT2D eigenvalue weighted by atomic mass is 16.6. The van der Waals surface area contributed by atoms with Crippen molar-refractivity contribution < 1.29 is 9.72 Å². The van der Waals surface area contributed by atoms with E-state index in [0.717, 1.165) is 24.3 Å². The zero-order valence-corrected chi connectivity index (χ0v) is 10.7. The van der Waals surface area contributed by atoms with Crippen molar-refractivity contribution in [2.75, 3.05) is 25.5 Å². The summed E-state index contributed by atoms with van der Waals surface area (Å²) in [6.45, 7) is 1.66. The van der Waals surface area contributed by atoms with Crippen LogP contribution in [0.2, 0.25) is 0 Å². The molecule has 0 aliphatic carbocycles. The second-order valence-corrected chi connectivity index (χ2v) is 5.33. The first-order valence-electron chi connectivity index (χ1n) is 6.32. The van der Waals surface area contributed by atoms with Crippen molar-refractivity contribution in [3.63, 3.8) is 0 Å². The average molecular weight is 261 g/mol. The monoisotopic (exact) mass is 261 g/mol. The minimum Gasteiger partial charge on any atom is -0.325 e. The third-order valence-electron chi connectivity index (χ3n) is 4.25. The van der Waals surface area contributed by atoms with Crippen LogP contribution in [0.1, 0.15) is 18.4 Å². The first kappa shape index (κ1) is 12.1. The Balaban J connectivity index is 2.07. The first-order valence-corrected chi connectivity index (χ1v) is 6.32. The molecule has 0 aromatic heterocycles. The SMILES string of the molecule is CN1CCC2(CC1)C(=O)Nc1ccc([N+](=O)[O-])cc12. The molecule has 3 rings (SSSR count). The molecule has 6 nitrogen and oxygen atoms in total. The Kier molecular flexibility index (Phi) is 2.56. The number of nitrogens with one attached hydrogen (secondary N) is 1. The van der Waals surface area contributed by atoms with E-state index in [1.807, 2.05) is 7.05 Å². The fourth-order valence-corrected chi connectivity index (χ4v) is 3.01. The minimum atomic E-state index is -0.576. The summed E-state index contributed by atoms with van der Waals surface area (Å²) in [5.41, 5.74) is 0.988. The first-order chi connectivity index (χ1) is 9.03. The van der Waals surface area contributed by atoms with E-state index >= 15 is 0 Å². The van der Waals surface area contributed by atoms with Gasteiger partial charge in [-0.3, -0.25) is 14.9 Å². The standard InChI is InChI=1S/C13H15N3O3/c1-15-6-4-13(5-7-15)10-8-9(16(18)19)2-3-11(10)14-12(13)17/h2-3,8H,4-7H2,1H3,(H,14,17). The summed E-state index contributed by atoms with van der Waals surface area (Å²) in [6, 6.07) is 4.63. The second kappa shape index (κ2) is 4.03. The van der Waals surface area contributed by atoms with Crippen LogP contribution in [0.25, 0.3) is 0 Å². The molecule has 2 aliphatic heterocycles. The van der Waals surface area contributed by atoms with E-state index in [1.54, 1.807) is 12.1 Å². The number of nitrogens with zero attached hydrogens (tertiary/aromatic N) is 2. The van der Waals surface area contributed by atoms with E-state index in [9.17, 15) is 14.9 Å². The van der Waals surface area contributed by atoms with Gasteiger partial charge in [-0.25, -0.2) is 0 Å². The summed E-state index contributed by atoms with van der Waals surface area (Å²) in [7, 11) is 2.02. The molecule has 0 saturated carbocycles. The number of hydrogen-bond acceptors (Lipinski definition) is 4. The highest BCUT2D eigenvalue weighted by Gasteiger charge is 2.48. The number of carbonyl (C=O) groups is 1. The maximum atomic E-state index is 12.3. The Morgan fingerprint density at radius 2 is 2.05 bits per heavy atom. The fourth-order valence-electron chi connectivity index (χ4n) is 3.01. The highest BCUT2D eigenvalue weighted by molar-refractivity contribution is 6.06. The average Bonchev–Trinajstić information content (AvgIpc) is 2.65. The number of likely N-dealkylation sites (tertiary alicyclic amines) is 1. The van der Waals surface area contributed by atoms with Crippen LogP contribution in [0.15, 0.2) is 18.2 Å². The summed E-state index contributed by atoms with van der Waals surface area (Å²) in [4.78, 5) is 25.0. The van der Waals surface area contributed by atoms with Crippen molar-refractivity contribution in [1.29, 1.82) is 0 Å². The third kappa shape index (κ3) is 1.71. The lowest BCUT2D eigenvalue weighted by molar-refractivity contribution is -0.384. The highest BCUT2D eigenvalue weighted by Crippen LogP contribution is 2.45. The van der Waals surface area contributed by atoms with E-state index < -0.39 is 10.3 Å². The van der Waals surface area contributed by atoms with E-state index in [-0.39, 0.29) is 11.6 Å². The quantitative estimate of drug-likeness (QED) is 0.614. The molecule has 0 bridgehead atoms. The Bertz CT molecular complexity index is 562. The van der Waals surface area contributed by atoms with Crippen molar-refractivity contribution in [2.24, 2.45) is 0 Å². The van der Waals surface area contributed by atoms with Crippen LogP contribution in [0, 0.1) is 10.1 Å². The summed E-state index contributed by atoms with van der Waals surface area (Å²) in [5, 5.41) is 13.8. The third-order valence-corrected chi connectivity index (χ3v) is 4.25. The van der Waals surface area contributed by atoms with E-state index in [2.05, 4.69) is 10.2 Å². The number of rotatable bonds is 1. The summed E-state index contributed by atoms with van der Waals surface area (Å²) < 4.78 is 0. The van der Waals surface area contributed by atoms with Gasteiger partial charge in [-0.1, -0.05) is 0 Å². The number of amides is 1. The largest absolute Gasteiger partial charge is 0.325 e. The summed E-state index contributed by atoms with van der Waals surface area (Å²) in [5.74, 6) is -0.0175. The van der Waals surface area contributed by atoms with Gasteiger partial charge in [0.1, 0.15) is 0 Å². The maximum absolute atomic E-state index is 12.3. The summed E-state index contributed by atoms with van der Waals surface area (Å²) in [6.07, 6.45) is 1.42. The summed E-state index contributed by atoms with van der Waals surface area (Å²) >= 11 is 0. The minimum absolute atomic E-state index is 0.0175. The number of nitro groups is 1. The smallest absolute Gasteiger partial charge is 0.269 e. The van der Waals surface area contributed by atoms with Gasteiger partial charge in [0.25, 0.3) is 5.69 Å². The molecule has 2 heterocycles. The molecule has 1 amide bonds. The van der Waals surface area contributed by atoms with Gasteiger partial charge in [0.2, 0.25) is 5.91 Å². The van der Waals surface area contributed by atoms with E-state index in [1.165, 1.54) is 6.07 Å². The Hall–Kier alpha value is -1.95. The van der Waals surface area contributed by atoms with Crippen molar-refractivity contribution in [3.8, 4) is 0 Å². The molecule has 1 spiro atoms. The van der Waals surface area contributed by atoms with Gasteiger partial charge in [-0.2, -0.15) is 0 Å². The normalized spacial score (nSPS) is 21.2. The molecule has 6 heteroatoms. The van der Waals surface area contributed by atoms with Gasteiger partial charge < -0.3 is 10.2 Å². The lowest BCUT2D eigenvalue weighted by Crippen LogP contribution is -2.45. The zero-order chi connectivity index (χ0) is 13.6.